The molecule has 0 aliphatic heterocycles. The number of carboxylic acids is 1. The van der Waals surface area contributed by atoms with Crippen LogP contribution in [-0.2, 0) is 14.8 Å². The van der Waals surface area contributed by atoms with Gasteiger partial charge in [-0.25, -0.2) is 17.2 Å². The van der Waals surface area contributed by atoms with Gasteiger partial charge in [-0.2, -0.15) is 0 Å². The minimum atomic E-state index is -4.00. The third-order valence-electron chi connectivity index (χ3n) is 4.73. The van der Waals surface area contributed by atoms with E-state index in [9.17, 15) is 23.1 Å². The molecule has 1 N–H and O–H groups in total. The van der Waals surface area contributed by atoms with Gasteiger partial charge in [0.15, 0.2) is 11.9 Å². The molecule has 2 aromatic carbocycles. The van der Waals surface area contributed by atoms with Gasteiger partial charge in [0.25, 0.3) is 10.0 Å². The summed E-state index contributed by atoms with van der Waals surface area (Å²) < 4.78 is 34.0. The van der Waals surface area contributed by atoms with Gasteiger partial charge in [0.2, 0.25) is 0 Å². The Morgan fingerprint density at radius 2 is 1.90 bits per heavy atom. The van der Waals surface area contributed by atoms with Crippen LogP contribution in [0.5, 0.6) is 5.75 Å². The molecule has 9 heteroatoms. The summed E-state index contributed by atoms with van der Waals surface area (Å²) in [5.41, 5.74) is 1.18. The SMILES string of the molecule is CCC(Oc1ccc(S(=O)(=O)n2cc(C(C)=O)c3cc(Br)ccc32)cc1C)C(=O)O. The van der Waals surface area contributed by atoms with Gasteiger partial charge >= 0.3 is 5.97 Å². The first-order valence-electron chi connectivity index (χ1n) is 9.13. The highest BCUT2D eigenvalue weighted by molar-refractivity contribution is 9.10. The van der Waals surface area contributed by atoms with Crippen LogP contribution in [0.25, 0.3) is 10.9 Å². The molecule has 158 valence electrons. The van der Waals surface area contributed by atoms with Crippen LogP contribution in [0.15, 0.2) is 52.0 Å². The molecule has 0 saturated heterocycles. The van der Waals surface area contributed by atoms with Crippen molar-refractivity contribution in [2.45, 2.75) is 38.2 Å². The minimum Gasteiger partial charge on any atom is -0.479 e. The summed E-state index contributed by atoms with van der Waals surface area (Å²) in [6.45, 7) is 4.72. The second-order valence-electron chi connectivity index (χ2n) is 6.84. The van der Waals surface area contributed by atoms with Gasteiger partial charge in [-0.15, -0.1) is 0 Å². The smallest absolute Gasteiger partial charge is 0.344 e. The molecule has 1 unspecified atom stereocenters. The molecule has 1 heterocycles. The average Bonchev–Trinajstić information content (AvgIpc) is 3.06. The highest BCUT2D eigenvalue weighted by Crippen LogP contribution is 2.30. The Kier molecular flexibility index (Phi) is 6.05. The number of aromatic nitrogens is 1. The lowest BCUT2D eigenvalue weighted by Gasteiger charge is -2.16. The lowest BCUT2D eigenvalue weighted by molar-refractivity contribution is -0.145. The number of nitrogens with zero attached hydrogens (tertiary/aromatic N) is 1. The molecule has 0 fully saturated rings. The zero-order chi connectivity index (χ0) is 22.2. The molecule has 0 radical (unpaired) electrons. The molecule has 3 aromatic rings. The Bertz CT molecular complexity index is 1260. The first-order valence-corrected chi connectivity index (χ1v) is 11.4. The topological polar surface area (TPSA) is 103 Å². The van der Waals surface area contributed by atoms with Crippen molar-refractivity contribution in [3.63, 3.8) is 0 Å². The summed E-state index contributed by atoms with van der Waals surface area (Å²) in [6, 6.07) is 9.28. The van der Waals surface area contributed by atoms with Gasteiger partial charge in [0.05, 0.1) is 10.4 Å². The van der Waals surface area contributed by atoms with Crippen LogP contribution in [-0.4, -0.2) is 35.4 Å². The predicted octanol–water partition coefficient (Wildman–Crippen LogP) is 4.39. The number of ether oxygens (including phenoxy) is 1. The van der Waals surface area contributed by atoms with Gasteiger partial charge in [-0.3, -0.25) is 4.79 Å². The van der Waals surface area contributed by atoms with E-state index < -0.39 is 22.1 Å². The van der Waals surface area contributed by atoms with Gasteiger partial charge in [0, 0.05) is 21.6 Å². The largest absolute Gasteiger partial charge is 0.479 e. The molecule has 0 aliphatic rings. The molecule has 1 atom stereocenters. The molecular weight excluding hydrogens is 474 g/mol. The molecule has 3 rings (SSSR count). The number of carbonyl (C=O) groups is 2. The van der Waals surface area contributed by atoms with Crippen molar-refractivity contribution in [3.8, 4) is 5.75 Å². The van der Waals surface area contributed by atoms with E-state index in [2.05, 4.69) is 15.9 Å². The van der Waals surface area contributed by atoms with Crippen LogP contribution in [0.2, 0.25) is 0 Å². The van der Waals surface area contributed by atoms with E-state index in [0.29, 0.717) is 27.8 Å². The quantitative estimate of drug-likeness (QED) is 0.489. The lowest BCUT2D eigenvalue weighted by atomic mass is 10.1. The van der Waals surface area contributed by atoms with Crippen molar-refractivity contribution < 1.29 is 27.9 Å². The molecule has 0 aliphatic carbocycles. The Morgan fingerprint density at radius 3 is 2.47 bits per heavy atom. The summed E-state index contributed by atoms with van der Waals surface area (Å²) in [4.78, 5) is 23.3. The summed E-state index contributed by atoms with van der Waals surface area (Å²) in [6.07, 6.45) is 0.579. The maximum atomic E-state index is 13.3. The van der Waals surface area contributed by atoms with Crippen LogP contribution in [0.1, 0.15) is 36.2 Å². The molecule has 0 bridgehead atoms. The number of carbonyl (C=O) groups excluding carboxylic acids is 1. The number of halogens is 1. The minimum absolute atomic E-state index is 0.00523. The number of rotatable bonds is 7. The second kappa shape index (κ2) is 8.23. The first kappa shape index (κ1) is 22.0. The van der Waals surface area contributed by atoms with Crippen molar-refractivity contribution >= 4 is 48.6 Å². The maximum absolute atomic E-state index is 13.3. The van der Waals surface area contributed by atoms with Gasteiger partial charge in [0.1, 0.15) is 5.75 Å². The molecule has 0 amide bonds. The molecule has 30 heavy (non-hydrogen) atoms. The molecule has 0 saturated carbocycles. The van der Waals surface area contributed by atoms with E-state index in [1.807, 2.05) is 0 Å². The summed E-state index contributed by atoms with van der Waals surface area (Å²) in [5.74, 6) is -1.03. The number of fused-ring (bicyclic) bond motifs is 1. The van der Waals surface area contributed by atoms with Crippen LogP contribution in [0.3, 0.4) is 0 Å². The van der Waals surface area contributed by atoms with Crippen molar-refractivity contribution in [2.75, 3.05) is 0 Å². The van der Waals surface area contributed by atoms with Crippen LogP contribution < -0.4 is 4.74 Å². The monoisotopic (exact) mass is 493 g/mol. The highest BCUT2D eigenvalue weighted by atomic mass is 79.9. The summed E-state index contributed by atoms with van der Waals surface area (Å²) >= 11 is 3.35. The molecule has 7 nitrogen and oxygen atoms in total. The highest BCUT2D eigenvalue weighted by Gasteiger charge is 2.24. The van der Waals surface area contributed by atoms with Crippen molar-refractivity contribution in [2.24, 2.45) is 0 Å². The normalized spacial score (nSPS) is 12.7. The molecular formula is C21H20BrNO6S. The van der Waals surface area contributed by atoms with E-state index >= 15 is 0 Å². The summed E-state index contributed by atoms with van der Waals surface area (Å²) in [7, 11) is -4.00. The Hall–Kier alpha value is -2.65. The van der Waals surface area contributed by atoms with E-state index in [4.69, 9.17) is 4.74 Å². The third kappa shape index (κ3) is 3.99. The fourth-order valence-corrected chi connectivity index (χ4v) is 4.96. The zero-order valence-electron chi connectivity index (χ0n) is 16.5. The summed E-state index contributed by atoms with van der Waals surface area (Å²) in [5, 5.41) is 9.70. The number of hydrogen-bond acceptors (Lipinski definition) is 5. The standard InChI is InChI=1S/C21H20BrNO6S/c1-4-19(21(25)26)29-20-8-6-15(9-12(20)2)30(27,28)23-11-17(13(3)24)16-10-14(22)5-7-18(16)23/h5-11,19H,4H2,1-3H3,(H,25,26). The van der Waals surface area contributed by atoms with E-state index in [1.54, 1.807) is 32.0 Å². The second-order valence-corrected chi connectivity index (χ2v) is 9.57. The maximum Gasteiger partial charge on any atom is 0.344 e. The molecule has 1 aromatic heterocycles. The fourth-order valence-electron chi connectivity index (χ4n) is 3.14. The van der Waals surface area contributed by atoms with Crippen molar-refractivity contribution in [1.29, 1.82) is 0 Å². The number of hydrogen-bond donors (Lipinski definition) is 1. The Morgan fingerprint density at radius 1 is 1.20 bits per heavy atom. The van der Waals surface area contributed by atoms with Crippen LogP contribution in [0.4, 0.5) is 0 Å². The van der Waals surface area contributed by atoms with E-state index in [-0.39, 0.29) is 17.1 Å². The number of aryl methyl sites for hydroxylation is 1. The van der Waals surface area contributed by atoms with Gasteiger partial charge in [-0.1, -0.05) is 22.9 Å². The fraction of sp³-hybridized carbons (Fsp3) is 0.238. The van der Waals surface area contributed by atoms with Gasteiger partial charge < -0.3 is 9.84 Å². The predicted molar refractivity (Wildman–Crippen MR) is 116 cm³/mol. The molecule has 0 spiro atoms. The first-order chi connectivity index (χ1) is 14.1. The number of aliphatic carboxylic acids is 1. The van der Waals surface area contributed by atoms with Gasteiger partial charge in [-0.05, 0) is 62.2 Å². The zero-order valence-corrected chi connectivity index (χ0v) is 19.0. The lowest BCUT2D eigenvalue weighted by Crippen LogP contribution is -2.26. The third-order valence-corrected chi connectivity index (χ3v) is 6.89. The average molecular weight is 494 g/mol. The van der Waals surface area contributed by atoms with E-state index in [1.165, 1.54) is 31.3 Å². The number of ketones is 1. The van der Waals surface area contributed by atoms with Crippen LogP contribution in [0, 0.1) is 6.92 Å². The van der Waals surface area contributed by atoms with Crippen LogP contribution >= 0.6 is 15.9 Å². The number of benzene rings is 2. The Balaban J connectivity index is 2.09. The Labute approximate surface area is 182 Å². The number of carboxylic acid groups (broad SMARTS) is 1. The van der Waals surface area contributed by atoms with Crippen molar-refractivity contribution in [3.05, 3.63) is 58.2 Å². The van der Waals surface area contributed by atoms with Crippen molar-refractivity contribution in [1.82, 2.24) is 3.97 Å². The number of Topliss-reactive ketones (excluding diaryl/α,β-unsaturated/α-hetero) is 1. The van der Waals surface area contributed by atoms with E-state index in [0.717, 1.165) is 8.45 Å².